The van der Waals surface area contributed by atoms with Gasteiger partial charge in [-0.25, -0.2) is 0 Å². The topological polar surface area (TPSA) is 116 Å². The second-order valence-electron chi connectivity index (χ2n) is 9.97. The van der Waals surface area contributed by atoms with E-state index in [1.54, 1.807) is 36.5 Å². The first-order valence-corrected chi connectivity index (χ1v) is 12.2. The predicted molar refractivity (Wildman–Crippen MR) is 144 cm³/mol. The summed E-state index contributed by atoms with van der Waals surface area (Å²) < 4.78 is 5.63. The number of hydrogen-bond donors (Lipinski definition) is 0. The van der Waals surface area contributed by atoms with Gasteiger partial charge in [-0.1, -0.05) is 45.0 Å². The third-order valence-electron chi connectivity index (χ3n) is 6.29. The zero-order chi connectivity index (χ0) is 26.9. The molecule has 9 heteroatoms. The van der Waals surface area contributed by atoms with Gasteiger partial charge in [-0.2, -0.15) is 0 Å². The first-order chi connectivity index (χ1) is 18.3. The molecular weight excluding hydrogens is 482 g/mol. The number of esters is 1. The SMILES string of the molecule is CC(C)(C)c1cc(CCC(=O)Oc2ccc(C=O)c3cccnc23)cc(-n2nc3ccccc3n2)c1N=O. The predicted octanol–water partition coefficient (Wildman–Crippen LogP) is 6.01. The van der Waals surface area contributed by atoms with E-state index in [0.29, 0.717) is 45.4 Å². The van der Waals surface area contributed by atoms with Crippen LogP contribution in [0.25, 0.3) is 27.6 Å². The molecule has 0 atom stereocenters. The van der Waals surface area contributed by atoms with Crippen LogP contribution in [0.4, 0.5) is 5.69 Å². The van der Waals surface area contributed by atoms with Crippen LogP contribution < -0.4 is 4.74 Å². The molecule has 3 aromatic carbocycles. The number of benzene rings is 3. The molecule has 9 nitrogen and oxygen atoms in total. The van der Waals surface area contributed by atoms with Crippen molar-refractivity contribution in [1.29, 1.82) is 0 Å². The van der Waals surface area contributed by atoms with Gasteiger partial charge in [-0.3, -0.25) is 14.6 Å². The van der Waals surface area contributed by atoms with Gasteiger partial charge in [0, 0.05) is 23.6 Å². The average Bonchev–Trinajstić information content (AvgIpc) is 3.35. The van der Waals surface area contributed by atoms with E-state index in [0.717, 1.165) is 17.4 Å². The summed E-state index contributed by atoms with van der Waals surface area (Å²) in [4.78, 5) is 41.9. The van der Waals surface area contributed by atoms with Crippen LogP contribution in [0.5, 0.6) is 5.75 Å². The third kappa shape index (κ3) is 4.78. The van der Waals surface area contributed by atoms with Gasteiger partial charge in [0.1, 0.15) is 27.9 Å². The van der Waals surface area contributed by atoms with Crippen molar-refractivity contribution in [2.24, 2.45) is 5.18 Å². The summed E-state index contributed by atoms with van der Waals surface area (Å²) in [6.07, 6.45) is 2.76. The average molecular weight is 508 g/mol. The lowest BCUT2D eigenvalue weighted by molar-refractivity contribution is -0.134. The molecule has 0 saturated carbocycles. The van der Waals surface area contributed by atoms with E-state index in [1.807, 2.05) is 51.1 Å². The van der Waals surface area contributed by atoms with E-state index in [2.05, 4.69) is 20.4 Å². The van der Waals surface area contributed by atoms with Gasteiger partial charge in [-0.15, -0.1) is 19.9 Å². The molecule has 0 unspecified atom stereocenters. The number of aryl methyl sites for hydroxylation is 1. The summed E-state index contributed by atoms with van der Waals surface area (Å²) in [5, 5.41) is 13.0. The fourth-order valence-electron chi connectivity index (χ4n) is 4.38. The van der Waals surface area contributed by atoms with E-state index in [-0.39, 0.29) is 12.1 Å². The molecule has 2 aromatic heterocycles. The lowest BCUT2D eigenvalue weighted by Crippen LogP contribution is -2.15. The Balaban J connectivity index is 1.45. The second kappa shape index (κ2) is 9.93. The Morgan fingerprint density at radius 1 is 1.03 bits per heavy atom. The second-order valence-corrected chi connectivity index (χ2v) is 9.97. The summed E-state index contributed by atoms with van der Waals surface area (Å²) in [6.45, 7) is 5.98. The molecule has 5 aromatic rings. The minimum absolute atomic E-state index is 0.0785. The molecule has 0 fully saturated rings. The van der Waals surface area contributed by atoms with Crippen LogP contribution in [0.1, 0.15) is 48.7 Å². The largest absolute Gasteiger partial charge is 0.424 e. The van der Waals surface area contributed by atoms with Crippen molar-refractivity contribution >= 4 is 39.9 Å². The molecule has 0 radical (unpaired) electrons. The molecule has 0 spiro atoms. The van der Waals surface area contributed by atoms with E-state index < -0.39 is 11.4 Å². The Bertz CT molecular complexity index is 1670. The summed E-state index contributed by atoms with van der Waals surface area (Å²) in [6, 6.07) is 17.8. The number of aldehydes is 1. The quantitative estimate of drug-likeness (QED) is 0.114. The highest BCUT2D eigenvalue weighted by molar-refractivity contribution is 5.99. The number of hydrogen-bond acceptors (Lipinski definition) is 8. The number of carbonyl (C=O) groups is 2. The molecule has 190 valence electrons. The van der Waals surface area contributed by atoms with Gasteiger partial charge in [0.2, 0.25) is 0 Å². The minimum atomic E-state index is -0.449. The van der Waals surface area contributed by atoms with Gasteiger partial charge in [0.25, 0.3) is 0 Å². The monoisotopic (exact) mass is 507 g/mol. The van der Waals surface area contributed by atoms with Crippen LogP contribution in [-0.2, 0) is 16.6 Å². The van der Waals surface area contributed by atoms with Crippen molar-refractivity contribution in [2.75, 3.05) is 0 Å². The zero-order valence-electron chi connectivity index (χ0n) is 21.2. The minimum Gasteiger partial charge on any atom is -0.424 e. The van der Waals surface area contributed by atoms with Crippen molar-refractivity contribution in [3.05, 3.63) is 88.5 Å². The molecule has 0 aliphatic rings. The van der Waals surface area contributed by atoms with Crippen LogP contribution >= 0.6 is 0 Å². The van der Waals surface area contributed by atoms with E-state index in [9.17, 15) is 14.5 Å². The maximum atomic E-state index is 12.8. The Morgan fingerprint density at radius 2 is 1.76 bits per heavy atom. The Labute approximate surface area is 218 Å². The van der Waals surface area contributed by atoms with E-state index >= 15 is 0 Å². The summed E-state index contributed by atoms with van der Waals surface area (Å²) in [5.74, 6) is -0.157. The maximum absolute atomic E-state index is 12.8. The molecule has 5 rings (SSSR count). The van der Waals surface area contributed by atoms with Gasteiger partial charge in [0.05, 0.1) is 0 Å². The van der Waals surface area contributed by atoms with Crippen LogP contribution in [0.3, 0.4) is 0 Å². The number of fused-ring (bicyclic) bond motifs is 2. The van der Waals surface area contributed by atoms with Crippen LogP contribution in [0.15, 0.2) is 72.0 Å². The highest BCUT2D eigenvalue weighted by Gasteiger charge is 2.25. The highest BCUT2D eigenvalue weighted by atomic mass is 16.5. The number of carbonyl (C=O) groups excluding carboxylic acids is 2. The number of nitroso groups, excluding NO2 is 1. The Kier molecular flexibility index (Phi) is 6.50. The zero-order valence-corrected chi connectivity index (χ0v) is 21.2. The van der Waals surface area contributed by atoms with Gasteiger partial charge >= 0.3 is 5.97 Å². The molecule has 0 aliphatic heterocycles. The molecule has 0 saturated heterocycles. The number of pyridine rings is 1. The van der Waals surface area contributed by atoms with Crippen molar-refractivity contribution < 1.29 is 14.3 Å². The third-order valence-corrected chi connectivity index (χ3v) is 6.29. The van der Waals surface area contributed by atoms with Gasteiger partial charge in [-0.05, 0) is 64.5 Å². The van der Waals surface area contributed by atoms with E-state index in [1.165, 1.54) is 4.80 Å². The normalized spacial score (nSPS) is 11.6. The number of aromatic nitrogens is 4. The molecule has 38 heavy (non-hydrogen) atoms. The molecule has 0 bridgehead atoms. The van der Waals surface area contributed by atoms with Crippen molar-refractivity contribution in [3.8, 4) is 11.4 Å². The first kappa shape index (κ1) is 24.9. The van der Waals surface area contributed by atoms with Crippen LogP contribution in [0.2, 0.25) is 0 Å². The molecule has 2 heterocycles. The smallest absolute Gasteiger partial charge is 0.311 e. The lowest BCUT2D eigenvalue weighted by atomic mass is 9.84. The van der Waals surface area contributed by atoms with Crippen molar-refractivity contribution in [2.45, 2.75) is 39.0 Å². The van der Waals surface area contributed by atoms with Crippen LogP contribution in [0, 0.1) is 4.91 Å². The molecule has 0 N–H and O–H groups in total. The molecular formula is C29H25N5O4. The summed E-state index contributed by atoms with van der Waals surface area (Å²) in [5.41, 5.74) is 4.16. The highest BCUT2D eigenvalue weighted by Crippen LogP contribution is 2.37. The Morgan fingerprint density at radius 3 is 2.42 bits per heavy atom. The van der Waals surface area contributed by atoms with Gasteiger partial charge in [0.15, 0.2) is 12.0 Å². The fraction of sp³-hybridized carbons (Fsp3) is 0.207. The molecule has 0 aliphatic carbocycles. The molecule has 0 amide bonds. The lowest BCUT2D eigenvalue weighted by Gasteiger charge is -2.23. The number of ether oxygens (including phenoxy) is 1. The first-order valence-electron chi connectivity index (χ1n) is 12.2. The summed E-state index contributed by atoms with van der Waals surface area (Å²) in [7, 11) is 0. The van der Waals surface area contributed by atoms with Crippen LogP contribution in [-0.4, -0.2) is 32.2 Å². The standard InChI is InChI=1S/C29H25N5O4/c1-29(2,3)21-15-18(16-24(28(21)33-37)34-31-22-8-4-5-9-23(22)32-34)10-13-26(36)38-25-12-11-19(17-35)20-7-6-14-30-27(20)25/h4-9,11-12,14-17H,10,13H2,1-3H3. The summed E-state index contributed by atoms with van der Waals surface area (Å²) >= 11 is 0. The fourth-order valence-corrected chi connectivity index (χ4v) is 4.38. The number of rotatable bonds is 7. The van der Waals surface area contributed by atoms with Crippen molar-refractivity contribution in [3.63, 3.8) is 0 Å². The van der Waals surface area contributed by atoms with E-state index in [4.69, 9.17) is 4.74 Å². The number of nitrogens with zero attached hydrogens (tertiary/aromatic N) is 5. The van der Waals surface area contributed by atoms with Gasteiger partial charge < -0.3 is 4.74 Å². The van der Waals surface area contributed by atoms with Crippen molar-refractivity contribution in [1.82, 2.24) is 20.0 Å². The maximum Gasteiger partial charge on any atom is 0.311 e. The Hall–Kier alpha value is -4.79.